The average Bonchev–Trinajstić information content (AvgIpc) is 2.79. The summed E-state index contributed by atoms with van der Waals surface area (Å²) < 4.78 is 20.1. The number of aromatic nitrogens is 3. The molecule has 5 nitrogen and oxygen atoms in total. The highest BCUT2D eigenvalue weighted by atomic mass is 19.1. The zero-order chi connectivity index (χ0) is 20.9. The van der Waals surface area contributed by atoms with Crippen LogP contribution in [0.1, 0.15) is 19.8 Å². The lowest BCUT2D eigenvalue weighted by molar-refractivity contribution is 0.419. The number of unbranched alkanes of at least 4 members (excludes halogenated alkanes) is 1. The molecule has 0 aliphatic heterocycles. The van der Waals surface area contributed by atoms with E-state index in [0.29, 0.717) is 34.0 Å². The fourth-order valence-corrected chi connectivity index (χ4v) is 3.35. The minimum atomic E-state index is -0.285. The molecule has 4 aromatic rings. The van der Waals surface area contributed by atoms with Crippen molar-refractivity contribution in [3.8, 4) is 28.3 Å². The van der Waals surface area contributed by atoms with Gasteiger partial charge in [0, 0.05) is 35.5 Å². The third-order valence-electron chi connectivity index (χ3n) is 4.91. The minimum absolute atomic E-state index is 0.285. The van der Waals surface area contributed by atoms with E-state index >= 15 is 0 Å². The quantitative estimate of drug-likeness (QED) is 0.401. The second kappa shape index (κ2) is 8.86. The predicted molar refractivity (Wildman–Crippen MR) is 118 cm³/mol. The number of hydrogen-bond donors (Lipinski definition) is 1. The van der Waals surface area contributed by atoms with Gasteiger partial charge in [-0.15, -0.1) is 0 Å². The molecule has 6 heteroatoms. The highest BCUT2D eigenvalue weighted by Gasteiger charge is 2.16. The number of ether oxygens (including phenoxy) is 1. The van der Waals surface area contributed by atoms with E-state index in [1.54, 1.807) is 31.6 Å². The molecular formula is C24H23FN4O. The summed E-state index contributed by atoms with van der Waals surface area (Å²) in [4.78, 5) is 13.7. The summed E-state index contributed by atoms with van der Waals surface area (Å²) in [6.45, 7) is 2.92. The van der Waals surface area contributed by atoms with Crippen molar-refractivity contribution in [2.24, 2.45) is 0 Å². The number of benzene rings is 2. The summed E-state index contributed by atoms with van der Waals surface area (Å²) in [5.41, 5.74) is 2.71. The largest absolute Gasteiger partial charge is 0.494 e. The molecule has 0 aliphatic carbocycles. The molecule has 30 heavy (non-hydrogen) atoms. The first-order valence-electron chi connectivity index (χ1n) is 10.00. The SMILES string of the molecule is CCCCNc1nc(-c2cccnc2)nc2c(OC)cc(-c3ccccc3F)cc12. The zero-order valence-corrected chi connectivity index (χ0v) is 17.0. The zero-order valence-electron chi connectivity index (χ0n) is 17.0. The van der Waals surface area contributed by atoms with Crippen molar-refractivity contribution in [2.75, 3.05) is 19.0 Å². The molecule has 0 saturated heterocycles. The summed E-state index contributed by atoms with van der Waals surface area (Å²) in [5, 5.41) is 4.21. The van der Waals surface area contributed by atoms with Crippen LogP contribution in [0, 0.1) is 5.82 Å². The van der Waals surface area contributed by atoms with Crippen LogP contribution in [-0.2, 0) is 0 Å². The maximum Gasteiger partial charge on any atom is 0.163 e. The lowest BCUT2D eigenvalue weighted by Gasteiger charge is -2.15. The van der Waals surface area contributed by atoms with Gasteiger partial charge in [0.05, 0.1) is 7.11 Å². The number of rotatable bonds is 7. The highest BCUT2D eigenvalue weighted by molar-refractivity contribution is 5.97. The fraction of sp³-hybridized carbons (Fsp3) is 0.208. The third-order valence-corrected chi connectivity index (χ3v) is 4.91. The number of methoxy groups -OCH3 is 1. The monoisotopic (exact) mass is 402 g/mol. The van der Waals surface area contributed by atoms with Gasteiger partial charge < -0.3 is 10.1 Å². The van der Waals surface area contributed by atoms with Crippen LogP contribution in [0.15, 0.2) is 60.9 Å². The van der Waals surface area contributed by atoms with Crippen molar-refractivity contribution >= 4 is 16.7 Å². The molecule has 0 aliphatic rings. The van der Waals surface area contributed by atoms with Crippen LogP contribution in [0.2, 0.25) is 0 Å². The van der Waals surface area contributed by atoms with Crippen LogP contribution >= 0.6 is 0 Å². The molecular weight excluding hydrogens is 379 g/mol. The van der Waals surface area contributed by atoms with Crippen LogP contribution in [0.4, 0.5) is 10.2 Å². The van der Waals surface area contributed by atoms with Crippen molar-refractivity contribution in [1.82, 2.24) is 15.0 Å². The number of anilines is 1. The highest BCUT2D eigenvalue weighted by Crippen LogP contribution is 2.36. The van der Waals surface area contributed by atoms with Gasteiger partial charge in [-0.1, -0.05) is 31.5 Å². The van der Waals surface area contributed by atoms with E-state index in [1.807, 2.05) is 30.3 Å². The Morgan fingerprint density at radius 1 is 1.03 bits per heavy atom. The number of halogens is 1. The molecule has 0 atom stereocenters. The Kier molecular flexibility index (Phi) is 5.84. The Bertz CT molecular complexity index is 1160. The van der Waals surface area contributed by atoms with Crippen molar-refractivity contribution in [3.05, 3.63) is 66.7 Å². The molecule has 0 spiro atoms. The molecule has 0 radical (unpaired) electrons. The maximum atomic E-state index is 14.5. The Hall–Kier alpha value is -3.54. The molecule has 4 rings (SSSR count). The molecule has 0 bridgehead atoms. The van der Waals surface area contributed by atoms with Gasteiger partial charge in [0.25, 0.3) is 0 Å². The van der Waals surface area contributed by atoms with E-state index in [1.165, 1.54) is 6.07 Å². The molecule has 0 fully saturated rings. The van der Waals surface area contributed by atoms with Gasteiger partial charge in [0.1, 0.15) is 22.9 Å². The summed E-state index contributed by atoms with van der Waals surface area (Å²) in [6.07, 6.45) is 5.52. The van der Waals surface area contributed by atoms with Crippen LogP contribution in [0.25, 0.3) is 33.4 Å². The summed E-state index contributed by atoms with van der Waals surface area (Å²) in [5.74, 6) is 1.54. The van der Waals surface area contributed by atoms with Gasteiger partial charge in [-0.3, -0.25) is 4.98 Å². The third kappa shape index (κ3) is 3.94. The van der Waals surface area contributed by atoms with E-state index in [0.717, 1.165) is 30.3 Å². The number of nitrogens with zero attached hydrogens (tertiary/aromatic N) is 3. The number of fused-ring (bicyclic) bond motifs is 1. The lowest BCUT2D eigenvalue weighted by atomic mass is 10.0. The first kappa shape index (κ1) is 19.8. The van der Waals surface area contributed by atoms with Crippen molar-refractivity contribution < 1.29 is 9.13 Å². The Morgan fingerprint density at radius 2 is 1.90 bits per heavy atom. The Labute approximate surface area is 175 Å². The molecule has 2 heterocycles. The first-order valence-corrected chi connectivity index (χ1v) is 10.00. The topological polar surface area (TPSA) is 59.9 Å². The molecule has 152 valence electrons. The van der Waals surface area contributed by atoms with E-state index < -0.39 is 0 Å². The van der Waals surface area contributed by atoms with Gasteiger partial charge in [0.15, 0.2) is 5.82 Å². The Balaban J connectivity index is 1.94. The summed E-state index contributed by atoms with van der Waals surface area (Å²) in [6, 6.07) is 14.2. The van der Waals surface area contributed by atoms with Crippen LogP contribution in [-0.4, -0.2) is 28.6 Å². The summed E-state index contributed by atoms with van der Waals surface area (Å²) >= 11 is 0. The van der Waals surface area contributed by atoms with Crippen LogP contribution < -0.4 is 10.1 Å². The molecule has 0 amide bonds. The van der Waals surface area contributed by atoms with Gasteiger partial charge in [-0.05, 0) is 42.3 Å². The predicted octanol–water partition coefficient (Wildman–Crippen LogP) is 5.72. The van der Waals surface area contributed by atoms with Crippen LogP contribution in [0.3, 0.4) is 0 Å². The van der Waals surface area contributed by atoms with Gasteiger partial charge >= 0.3 is 0 Å². The molecule has 2 aromatic carbocycles. The Morgan fingerprint density at radius 3 is 2.63 bits per heavy atom. The molecule has 1 N–H and O–H groups in total. The van der Waals surface area contributed by atoms with Crippen molar-refractivity contribution in [1.29, 1.82) is 0 Å². The van der Waals surface area contributed by atoms with E-state index in [2.05, 4.69) is 17.2 Å². The lowest BCUT2D eigenvalue weighted by Crippen LogP contribution is -2.06. The number of nitrogens with one attached hydrogen (secondary N) is 1. The maximum absolute atomic E-state index is 14.5. The van der Waals surface area contributed by atoms with E-state index in [4.69, 9.17) is 14.7 Å². The standard InChI is InChI=1S/C24H23FN4O/c1-3-4-12-27-24-19-13-17(18-9-5-6-10-20(18)25)14-21(30-2)22(19)28-23(29-24)16-8-7-11-26-15-16/h5-11,13-15H,3-4,12H2,1-2H3,(H,27,28,29). The average molecular weight is 402 g/mol. The normalized spacial score (nSPS) is 10.9. The fourth-order valence-electron chi connectivity index (χ4n) is 3.35. The van der Waals surface area contributed by atoms with Gasteiger partial charge in [-0.2, -0.15) is 0 Å². The molecule has 2 aromatic heterocycles. The molecule has 0 saturated carbocycles. The van der Waals surface area contributed by atoms with Crippen molar-refractivity contribution in [3.63, 3.8) is 0 Å². The number of pyridine rings is 1. The van der Waals surface area contributed by atoms with E-state index in [9.17, 15) is 4.39 Å². The molecule has 0 unspecified atom stereocenters. The second-order valence-corrected chi connectivity index (χ2v) is 6.97. The van der Waals surface area contributed by atoms with Gasteiger partial charge in [0.2, 0.25) is 0 Å². The smallest absolute Gasteiger partial charge is 0.163 e. The second-order valence-electron chi connectivity index (χ2n) is 6.97. The van der Waals surface area contributed by atoms with Crippen LogP contribution in [0.5, 0.6) is 5.75 Å². The summed E-state index contributed by atoms with van der Waals surface area (Å²) in [7, 11) is 1.59. The van der Waals surface area contributed by atoms with Gasteiger partial charge in [-0.25, -0.2) is 14.4 Å². The van der Waals surface area contributed by atoms with Crippen molar-refractivity contribution in [2.45, 2.75) is 19.8 Å². The van der Waals surface area contributed by atoms with E-state index in [-0.39, 0.29) is 5.82 Å². The minimum Gasteiger partial charge on any atom is -0.494 e. The first-order chi connectivity index (χ1) is 14.7. The number of hydrogen-bond acceptors (Lipinski definition) is 5.